The fourth-order valence-corrected chi connectivity index (χ4v) is 3.72. The van der Waals surface area contributed by atoms with Crippen LogP contribution in [0.3, 0.4) is 0 Å². The summed E-state index contributed by atoms with van der Waals surface area (Å²) in [5.74, 6) is 1.89. The highest BCUT2D eigenvalue weighted by molar-refractivity contribution is 7.99. The summed E-state index contributed by atoms with van der Waals surface area (Å²) in [5, 5.41) is 10.2. The van der Waals surface area contributed by atoms with Crippen LogP contribution in [0.4, 0.5) is 0 Å². The molecule has 0 saturated heterocycles. The molecule has 0 bridgehead atoms. The summed E-state index contributed by atoms with van der Waals surface area (Å²) in [5.41, 5.74) is 2.00. The van der Waals surface area contributed by atoms with Gasteiger partial charge in [-0.25, -0.2) is 0 Å². The third-order valence-electron chi connectivity index (χ3n) is 4.51. The lowest BCUT2D eigenvalue weighted by molar-refractivity contribution is -0.129. The fourth-order valence-electron chi connectivity index (χ4n) is 2.85. The number of nitrogens with zero attached hydrogens (tertiary/aromatic N) is 1. The Hall–Kier alpha value is -1.98. The van der Waals surface area contributed by atoms with E-state index in [9.17, 15) is 9.90 Å². The quantitative estimate of drug-likeness (QED) is 0.731. The van der Waals surface area contributed by atoms with Gasteiger partial charge in [-0.3, -0.25) is 4.79 Å². The SMILES string of the molecule is COc1ccc(CN(C(=O)CSCC(O)c2ccccc2)C2CC2)cc1. The molecule has 0 heterocycles. The Morgan fingerprint density at radius 1 is 1.19 bits per heavy atom. The zero-order valence-corrected chi connectivity index (χ0v) is 15.8. The maximum Gasteiger partial charge on any atom is 0.233 e. The molecule has 3 rings (SSSR count). The molecule has 1 aliphatic rings. The predicted octanol–water partition coefficient (Wildman–Crippen LogP) is 3.65. The molecule has 1 amide bonds. The largest absolute Gasteiger partial charge is 0.497 e. The molecule has 0 radical (unpaired) electrons. The van der Waals surface area contributed by atoms with Crippen molar-refractivity contribution in [1.29, 1.82) is 0 Å². The second-order valence-electron chi connectivity index (χ2n) is 6.54. The van der Waals surface area contributed by atoms with Crippen LogP contribution in [0.25, 0.3) is 0 Å². The van der Waals surface area contributed by atoms with Gasteiger partial charge in [0.05, 0.1) is 19.0 Å². The van der Waals surface area contributed by atoms with Gasteiger partial charge in [-0.1, -0.05) is 42.5 Å². The van der Waals surface area contributed by atoms with E-state index in [4.69, 9.17) is 4.74 Å². The van der Waals surface area contributed by atoms with Gasteiger partial charge in [-0.05, 0) is 36.1 Å². The number of carbonyl (C=O) groups is 1. The Balaban J connectivity index is 1.50. The molecule has 1 aliphatic carbocycles. The van der Waals surface area contributed by atoms with Gasteiger partial charge in [0.15, 0.2) is 0 Å². The fraction of sp³-hybridized carbons (Fsp3) is 0.381. The number of rotatable bonds is 9. The van der Waals surface area contributed by atoms with Crippen LogP contribution in [0.15, 0.2) is 54.6 Å². The molecule has 1 saturated carbocycles. The number of ether oxygens (including phenoxy) is 1. The third-order valence-corrected chi connectivity index (χ3v) is 5.51. The Labute approximate surface area is 159 Å². The zero-order chi connectivity index (χ0) is 18.4. The van der Waals surface area contributed by atoms with Crippen molar-refractivity contribution >= 4 is 17.7 Å². The number of aliphatic hydroxyl groups is 1. The van der Waals surface area contributed by atoms with E-state index >= 15 is 0 Å². The highest BCUT2D eigenvalue weighted by Gasteiger charge is 2.32. The molecule has 0 aromatic heterocycles. The molecule has 4 nitrogen and oxygen atoms in total. The van der Waals surface area contributed by atoms with Crippen LogP contribution in [0.1, 0.15) is 30.1 Å². The average Bonchev–Trinajstić information content (AvgIpc) is 3.52. The predicted molar refractivity (Wildman–Crippen MR) is 105 cm³/mol. The van der Waals surface area contributed by atoms with E-state index in [1.807, 2.05) is 59.5 Å². The molecule has 1 atom stereocenters. The summed E-state index contributed by atoms with van der Waals surface area (Å²) in [7, 11) is 1.65. The molecule has 5 heteroatoms. The van der Waals surface area contributed by atoms with Gasteiger partial charge in [-0.15, -0.1) is 11.8 Å². The van der Waals surface area contributed by atoms with E-state index in [0.717, 1.165) is 29.7 Å². The van der Waals surface area contributed by atoms with Crippen LogP contribution in [-0.4, -0.2) is 40.6 Å². The molecule has 138 valence electrons. The van der Waals surface area contributed by atoms with Gasteiger partial charge < -0.3 is 14.7 Å². The monoisotopic (exact) mass is 371 g/mol. The Morgan fingerprint density at radius 3 is 2.50 bits per heavy atom. The van der Waals surface area contributed by atoms with Gasteiger partial charge in [-0.2, -0.15) is 0 Å². The molecule has 0 spiro atoms. The summed E-state index contributed by atoms with van der Waals surface area (Å²) in [6.45, 7) is 0.634. The van der Waals surface area contributed by atoms with Gasteiger partial charge in [0.25, 0.3) is 0 Å². The number of methoxy groups -OCH3 is 1. The second-order valence-corrected chi connectivity index (χ2v) is 7.57. The Morgan fingerprint density at radius 2 is 1.88 bits per heavy atom. The number of hydrogen-bond acceptors (Lipinski definition) is 4. The molecular weight excluding hydrogens is 346 g/mol. The van der Waals surface area contributed by atoms with Gasteiger partial charge >= 0.3 is 0 Å². The van der Waals surface area contributed by atoms with E-state index in [1.165, 1.54) is 11.8 Å². The van der Waals surface area contributed by atoms with E-state index in [-0.39, 0.29) is 5.91 Å². The van der Waals surface area contributed by atoms with E-state index in [2.05, 4.69) is 0 Å². The molecule has 1 unspecified atom stereocenters. The van der Waals surface area contributed by atoms with E-state index < -0.39 is 6.10 Å². The van der Waals surface area contributed by atoms with Crippen molar-refractivity contribution < 1.29 is 14.6 Å². The van der Waals surface area contributed by atoms with Crippen molar-refractivity contribution in [3.63, 3.8) is 0 Å². The summed E-state index contributed by atoms with van der Waals surface area (Å²) in [6.07, 6.45) is 1.63. The van der Waals surface area contributed by atoms with Crippen molar-refractivity contribution in [1.82, 2.24) is 4.90 Å². The summed E-state index contributed by atoms with van der Waals surface area (Å²) < 4.78 is 5.19. The average molecular weight is 372 g/mol. The lowest BCUT2D eigenvalue weighted by Gasteiger charge is -2.23. The van der Waals surface area contributed by atoms with Crippen LogP contribution in [0, 0.1) is 0 Å². The molecule has 2 aromatic rings. The maximum absolute atomic E-state index is 12.7. The first-order chi connectivity index (χ1) is 12.7. The highest BCUT2D eigenvalue weighted by atomic mass is 32.2. The normalized spacial score (nSPS) is 14.7. The number of amides is 1. The minimum Gasteiger partial charge on any atom is -0.497 e. The second kappa shape index (κ2) is 9.10. The van der Waals surface area contributed by atoms with E-state index in [0.29, 0.717) is 24.1 Å². The van der Waals surface area contributed by atoms with Crippen molar-refractivity contribution in [3.05, 3.63) is 65.7 Å². The number of aliphatic hydroxyl groups excluding tert-OH is 1. The topological polar surface area (TPSA) is 49.8 Å². The minimum atomic E-state index is -0.537. The summed E-state index contributed by atoms with van der Waals surface area (Å²) >= 11 is 1.49. The van der Waals surface area contributed by atoms with Gasteiger partial charge in [0.2, 0.25) is 5.91 Å². The standard InChI is InChI=1S/C21H25NO3S/c1-25-19-11-7-16(8-12-19)13-22(18-9-10-18)21(24)15-26-14-20(23)17-5-3-2-4-6-17/h2-8,11-12,18,20,23H,9-10,13-15H2,1H3. The zero-order valence-electron chi connectivity index (χ0n) is 15.0. The highest BCUT2D eigenvalue weighted by Crippen LogP contribution is 2.29. The van der Waals surface area contributed by atoms with Crippen molar-refractivity contribution in [2.45, 2.75) is 31.5 Å². The van der Waals surface area contributed by atoms with Crippen LogP contribution < -0.4 is 4.74 Å². The number of benzene rings is 2. The first-order valence-corrected chi connectivity index (χ1v) is 10.1. The first-order valence-electron chi connectivity index (χ1n) is 8.90. The summed E-state index contributed by atoms with van der Waals surface area (Å²) in [4.78, 5) is 14.6. The summed E-state index contributed by atoms with van der Waals surface area (Å²) in [6, 6.07) is 17.8. The smallest absolute Gasteiger partial charge is 0.233 e. The maximum atomic E-state index is 12.7. The van der Waals surface area contributed by atoms with Gasteiger partial charge in [0.1, 0.15) is 5.75 Å². The third kappa shape index (κ3) is 5.26. The van der Waals surface area contributed by atoms with Crippen molar-refractivity contribution in [3.8, 4) is 5.75 Å². The van der Waals surface area contributed by atoms with Crippen LogP contribution in [-0.2, 0) is 11.3 Å². The molecule has 1 fully saturated rings. The van der Waals surface area contributed by atoms with Crippen molar-refractivity contribution in [2.24, 2.45) is 0 Å². The Bertz CT molecular complexity index is 701. The minimum absolute atomic E-state index is 0.147. The van der Waals surface area contributed by atoms with Gasteiger partial charge in [0, 0.05) is 18.3 Å². The molecule has 1 N–H and O–H groups in total. The Kier molecular flexibility index (Phi) is 6.58. The lowest BCUT2D eigenvalue weighted by atomic mass is 10.1. The van der Waals surface area contributed by atoms with Crippen LogP contribution in [0.5, 0.6) is 5.75 Å². The molecule has 0 aliphatic heterocycles. The lowest BCUT2D eigenvalue weighted by Crippen LogP contribution is -2.34. The molecule has 2 aromatic carbocycles. The van der Waals surface area contributed by atoms with E-state index in [1.54, 1.807) is 7.11 Å². The first kappa shape index (κ1) is 18.8. The van der Waals surface area contributed by atoms with Crippen LogP contribution >= 0.6 is 11.8 Å². The number of thioether (sulfide) groups is 1. The van der Waals surface area contributed by atoms with Crippen LogP contribution in [0.2, 0.25) is 0 Å². The number of hydrogen-bond donors (Lipinski definition) is 1. The molecule has 26 heavy (non-hydrogen) atoms. The number of carbonyl (C=O) groups excluding carboxylic acids is 1. The van der Waals surface area contributed by atoms with Crippen molar-refractivity contribution in [2.75, 3.05) is 18.6 Å². The molecular formula is C21H25NO3S.